The van der Waals surface area contributed by atoms with Crippen molar-refractivity contribution >= 4 is 47.3 Å². The van der Waals surface area contributed by atoms with Crippen molar-refractivity contribution < 1.29 is 59.1 Å². The molecule has 7 amide bonds. The van der Waals surface area contributed by atoms with E-state index in [9.17, 15) is 59.1 Å². The molecule has 0 spiro atoms. The Labute approximate surface area is 323 Å². The number of carboxylic acids is 1. The number of carbonyl (C=O) groups is 8. The zero-order valence-electron chi connectivity index (χ0n) is 33.1. The molecule has 0 saturated carbocycles. The van der Waals surface area contributed by atoms with Crippen molar-refractivity contribution in [2.24, 2.45) is 0 Å². The Morgan fingerprint density at radius 2 is 0.855 bits per heavy atom. The lowest BCUT2D eigenvalue weighted by molar-refractivity contribution is -0.163. The first kappa shape index (κ1) is 50.6. The van der Waals surface area contributed by atoms with E-state index in [1.54, 1.807) is 0 Å². The first-order valence-electron chi connectivity index (χ1n) is 19.2. The fourth-order valence-electron chi connectivity index (χ4n) is 5.41. The summed E-state index contributed by atoms with van der Waals surface area (Å²) in [5, 5.41) is 50.0. The van der Waals surface area contributed by atoms with Gasteiger partial charge in [0.15, 0.2) is 0 Å². The number of hydrogen-bond donors (Lipinski definition) is 8. The second-order valence-electron chi connectivity index (χ2n) is 13.7. The summed E-state index contributed by atoms with van der Waals surface area (Å²) in [5.41, 5.74) is 0. The molecule has 316 valence electrons. The van der Waals surface area contributed by atoms with Crippen LogP contribution in [-0.2, 0) is 38.4 Å². The zero-order chi connectivity index (χ0) is 41.9. The third-order valence-corrected chi connectivity index (χ3v) is 8.84. The van der Waals surface area contributed by atoms with E-state index >= 15 is 0 Å². The minimum atomic E-state index is -1.41. The topological polar surface area (TPSA) is 275 Å². The molecule has 0 unspecified atom stereocenters. The van der Waals surface area contributed by atoms with Crippen LogP contribution in [0.1, 0.15) is 137 Å². The summed E-state index contributed by atoms with van der Waals surface area (Å²) in [7, 11) is 0. The fourth-order valence-corrected chi connectivity index (χ4v) is 5.41. The lowest BCUT2D eigenvalue weighted by Gasteiger charge is -2.25. The normalized spacial score (nSPS) is 13.0. The van der Waals surface area contributed by atoms with E-state index in [1.807, 2.05) is 0 Å². The Bertz CT molecular complexity index is 1240. The molecule has 0 aromatic heterocycles. The monoisotopic (exact) mass is 787 g/mol. The van der Waals surface area contributed by atoms with Crippen LogP contribution >= 0.6 is 0 Å². The van der Waals surface area contributed by atoms with Crippen molar-refractivity contribution in [1.82, 2.24) is 36.5 Å². The molecule has 0 aromatic rings. The molecule has 0 heterocycles. The highest BCUT2D eigenvalue weighted by Gasteiger charge is 2.30. The molecular weight excluding hydrogens is 722 g/mol. The standard InChI is InChI=1S/C36H65N7O12/c1-6-7-8-9-10-11-12-13-14-21-32(47)38-29(18-15-22-41(53)26(3)44)35(50)39-30(19-16-23-42(54)27(4)45)34(49)37-25(2)33(48)40-31(36(51)52)20-17-24-43(55)28(5)46/h25,29-31,53-55H,6-24H2,1-5H3,(H,37,49)(H,38,47)(H,39,50)(H,40,48)(H,51,52)/t25-,29+,30+,31-/m0/s1. The molecule has 19 nitrogen and oxygen atoms in total. The second-order valence-corrected chi connectivity index (χ2v) is 13.7. The van der Waals surface area contributed by atoms with Gasteiger partial charge in [-0.1, -0.05) is 58.3 Å². The van der Waals surface area contributed by atoms with E-state index in [2.05, 4.69) is 28.2 Å². The van der Waals surface area contributed by atoms with Gasteiger partial charge < -0.3 is 26.4 Å². The second kappa shape index (κ2) is 29.0. The van der Waals surface area contributed by atoms with Crippen LogP contribution in [0.15, 0.2) is 0 Å². The van der Waals surface area contributed by atoms with Gasteiger partial charge in [-0.25, -0.2) is 20.0 Å². The number of nitrogens with one attached hydrogen (secondary N) is 4. The zero-order valence-corrected chi connectivity index (χ0v) is 33.1. The van der Waals surface area contributed by atoms with E-state index in [-0.39, 0.29) is 64.6 Å². The van der Waals surface area contributed by atoms with Crippen LogP contribution in [0.25, 0.3) is 0 Å². The van der Waals surface area contributed by atoms with E-state index in [1.165, 1.54) is 32.6 Å². The molecule has 4 atom stereocenters. The Hall–Kier alpha value is -4.36. The van der Waals surface area contributed by atoms with Gasteiger partial charge in [0.05, 0.1) is 0 Å². The van der Waals surface area contributed by atoms with Crippen LogP contribution in [0.2, 0.25) is 0 Å². The Morgan fingerprint density at radius 1 is 0.491 bits per heavy atom. The maximum absolute atomic E-state index is 13.6. The highest BCUT2D eigenvalue weighted by Crippen LogP contribution is 2.11. The average Bonchev–Trinajstić information content (AvgIpc) is 3.11. The summed E-state index contributed by atoms with van der Waals surface area (Å²) in [5.74, 6) is -6.21. The van der Waals surface area contributed by atoms with Gasteiger partial charge in [0.1, 0.15) is 24.2 Å². The van der Waals surface area contributed by atoms with Crippen molar-refractivity contribution in [2.45, 2.75) is 162 Å². The van der Waals surface area contributed by atoms with Gasteiger partial charge in [0.25, 0.3) is 0 Å². The van der Waals surface area contributed by atoms with E-state index in [0.717, 1.165) is 46.5 Å². The lowest BCUT2D eigenvalue weighted by Crippen LogP contribution is -2.57. The van der Waals surface area contributed by atoms with Crippen molar-refractivity contribution in [1.29, 1.82) is 0 Å². The first-order chi connectivity index (χ1) is 25.9. The number of unbranched alkanes of at least 4 members (excludes halogenated alkanes) is 8. The Morgan fingerprint density at radius 3 is 1.27 bits per heavy atom. The quantitative estimate of drug-likeness (QED) is 0.0295. The summed E-state index contributed by atoms with van der Waals surface area (Å²) in [6.07, 6.45) is 9.42. The third-order valence-electron chi connectivity index (χ3n) is 8.84. The lowest BCUT2D eigenvalue weighted by atomic mass is 10.1. The van der Waals surface area contributed by atoms with E-state index < -0.39 is 71.5 Å². The molecule has 55 heavy (non-hydrogen) atoms. The number of amides is 7. The summed E-state index contributed by atoms with van der Waals surface area (Å²) in [6.45, 7) is 6.35. The SMILES string of the molecule is CCCCCCCCCCCC(=O)N[C@H](CCCN(O)C(C)=O)C(=O)N[C@H](CCCN(O)C(C)=O)C(=O)N[C@@H](C)C(=O)N[C@@H](CCCN(O)C(C)=O)C(=O)O. The highest BCUT2D eigenvalue weighted by molar-refractivity contribution is 5.94. The number of hydroxylamine groups is 6. The number of aliphatic carboxylic acids is 1. The van der Waals surface area contributed by atoms with E-state index in [0.29, 0.717) is 21.6 Å². The van der Waals surface area contributed by atoms with Crippen LogP contribution in [0.4, 0.5) is 0 Å². The average molecular weight is 788 g/mol. The maximum Gasteiger partial charge on any atom is 0.326 e. The molecule has 0 rings (SSSR count). The first-order valence-corrected chi connectivity index (χ1v) is 19.2. The fraction of sp³-hybridized carbons (Fsp3) is 0.778. The van der Waals surface area contributed by atoms with Crippen molar-refractivity contribution in [3.63, 3.8) is 0 Å². The molecular formula is C36H65N7O12. The van der Waals surface area contributed by atoms with Crippen molar-refractivity contribution in [3.05, 3.63) is 0 Å². The Balaban J connectivity index is 5.72. The van der Waals surface area contributed by atoms with Crippen LogP contribution in [0.5, 0.6) is 0 Å². The smallest absolute Gasteiger partial charge is 0.326 e. The predicted molar refractivity (Wildman–Crippen MR) is 198 cm³/mol. The minimum absolute atomic E-state index is 0.0153. The molecule has 0 radical (unpaired) electrons. The van der Waals surface area contributed by atoms with Crippen LogP contribution in [-0.4, -0.2) is 127 Å². The molecule has 0 saturated heterocycles. The van der Waals surface area contributed by atoms with Crippen molar-refractivity contribution in [3.8, 4) is 0 Å². The molecule has 0 fully saturated rings. The maximum atomic E-state index is 13.6. The largest absolute Gasteiger partial charge is 0.480 e. The van der Waals surface area contributed by atoms with Gasteiger partial charge in [-0.3, -0.25) is 49.2 Å². The van der Waals surface area contributed by atoms with Gasteiger partial charge in [-0.2, -0.15) is 0 Å². The molecule has 8 N–H and O–H groups in total. The van der Waals surface area contributed by atoms with Gasteiger partial charge >= 0.3 is 5.97 Å². The molecule has 0 bridgehead atoms. The molecule has 0 aliphatic rings. The van der Waals surface area contributed by atoms with Gasteiger partial charge in [-0.05, 0) is 51.9 Å². The number of rotatable bonds is 30. The number of carbonyl (C=O) groups excluding carboxylic acids is 7. The molecule has 0 aromatic carbocycles. The molecule has 0 aliphatic heterocycles. The summed E-state index contributed by atoms with van der Waals surface area (Å²) in [6, 6.07) is -5.24. The van der Waals surface area contributed by atoms with Crippen LogP contribution in [0, 0.1) is 0 Å². The van der Waals surface area contributed by atoms with E-state index in [4.69, 9.17) is 0 Å². The number of carboxylic acid groups (broad SMARTS) is 1. The summed E-state index contributed by atoms with van der Waals surface area (Å²) >= 11 is 0. The van der Waals surface area contributed by atoms with Gasteiger partial charge in [0.2, 0.25) is 41.4 Å². The highest BCUT2D eigenvalue weighted by atomic mass is 16.5. The third kappa shape index (κ3) is 23.9. The van der Waals surface area contributed by atoms with Gasteiger partial charge in [0, 0.05) is 46.8 Å². The summed E-state index contributed by atoms with van der Waals surface area (Å²) in [4.78, 5) is 98.9. The Kier molecular flexibility index (Phi) is 26.7. The molecule has 19 heteroatoms. The predicted octanol–water partition coefficient (Wildman–Crippen LogP) is 2.00. The van der Waals surface area contributed by atoms with Gasteiger partial charge in [-0.15, -0.1) is 0 Å². The van der Waals surface area contributed by atoms with Crippen LogP contribution < -0.4 is 21.3 Å². The minimum Gasteiger partial charge on any atom is -0.480 e. The van der Waals surface area contributed by atoms with Crippen LogP contribution in [0.3, 0.4) is 0 Å². The summed E-state index contributed by atoms with van der Waals surface area (Å²) < 4.78 is 0. The number of nitrogens with zero attached hydrogens (tertiary/aromatic N) is 3. The number of hydrogen-bond acceptors (Lipinski definition) is 11. The molecule has 0 aliphatic carbocycles. The van der Waals surface area contributed by atoms with Crippen molar-refractivity contribution in [2.75, 3.05) is 19.6 Å².